The number of thiazole rings is 1. The van der Waals surface area contributed by atoms with E-state index in [9.17, 15) is 14.7 Å². The summed E-state index contributed by atoms with van der Waals surface area (Å²) >= 11 is 1.35. The van der Waals surface area contributed by atoms with Gasteiger partial charge >= 0.3 is 5.91 Å². The van der Waals surface area contributed by atoms with Crippen molar-refractivity contribution < 1.29 is 28.9 Å². The lowest BCUT2D eigenvalue weighted by Crippen LogP contribution is -2.29. The average molecular weight is 557 g/mol. The highest BCUT2D eigenvalue weighted by atomic mass is 32.1. The van der Waals surface area contributed by atoms with Crippen LogP contribution in [0.5, 0.6) is 17.2 Å². The fourth-order valence-corrected chi connectivity index (χ4v) is 6.29. The van der Waals surface area contributed by atoms with Crippen molar-refractivity contribution in [3.63, 3.8) is 0 Å². The molecule has 6 rings (SSSR count). The minimum absolute atomic E-state index is 0.0175. The summed E-state index contributed by atoms with van der Waals surface area (Å²) in [6.45, 7) is 7.40. The van der Waals surface area contributed by atoms with Crippen LogP contribution in [-0.2, 0) is 9.59 Å². The molecule has 2 aliphatic heterocycles. The second kappa shape index (κ2) is 10.3. The molecule has 4 aromatic rings. The van der Waals surface area contributed by atoms with Gasteiger partial charge in [0.25, 0.3) is 5.78 Å². The predicted molar refractivity (Wildman–Crippen MR) is 154 cm³/mol. The third kappa shape index (κ3) is 4.46. The Bertz CT molecular complexity index is 1670. The topological polar surface area (TPSA) is 98.2 Å². The number of aryl methyl sites for hydroxylation is 2. The van der Waals surface area contributed by atoms with Gasteiger partial charge in [0.2, 0.25) is 0 Å². The quantitative estimate of drug-likeness (QED) is 0.174. The minimum Gasteiger partial charge on any atom is -0.507 e. The fraction of sp³-hybridized carbons (Fsp3) is 0.258. The molecule has 0 unspecified atom stereocenters. The number of ether oxygens (including phenoxy) is 3. The van der Waals surface area contributed by atoms with E-state index >= 15 is 0 Å². The summed E-state index contributed by atoms with van der Waals surface area (Å²) in [5.74, 6) is -0.111. The highest BCUT2D eigenvalue weighted by Crippen LogP contribution is 2.45. The number of hydrogen-bond donors (Lipinski definition) is 1. The van der Waals surface area contributed by atoms with E-state index in [1.165, 1.54) is 16.2 Å². The summed E-state index contributed by atoms with van der Waals surface area (Å²) in [4.78, 5) is 33.4. The monoisotopic (exact) mass is 556 g/mol. The van der Waals surface area contributed by atoms with Gasteiger partial charge in [-0.2, -0.15) is 0 Å². The normalized spacial score (nSPS) is 18.0. The van der Waals surface area contributed by atoms with E-state index in [1.807, 2.05) is 45.0 Å². The van der Waals surface area contributed by atoms with Crippen molar-refractivity contribution >= 4 is 44.1 Å². The Labute approximate surface area is 235 Å². The van der Waals surface area contributed by atoms with E-state index in [0.717, 1.165) is 27.8 Å². The Morgan fingerprint density at radius 1 is 1.05 bits per heavy atom. The molecule has 1 saturated heterocycles. The van der Waals surface area contributed by atoms with Gasteiger partial charge < -0.3 is 19.3 Å². The minimum atomic E-state index is -0.893. The molecular weight excluding hydrogens is 528 g/mol. The number of carbonyl (C=O) groups excluding carboxylic acids is 2. The van der Waals surface area contributed by atoms with Crippen molar-refractivity contribution in [2.75, 3.05) is 24.7 Å². The summed E-state index contributed by atoms with van der Waals surface area (Å²) in [6, 6.07) is 15.4. The number of hydrogen-bond acceptors (Lipinski definition) is 8. The molecule has 1 atom stereocenters. The number of aliphatic hydroxyl groups is 1. The second-order valence-corrected chi connectivity index (χ2v) is 10.9. The van der Waals surface area contributed by atoms with Gasteiger partial charge in [0, 0.05) is 5.56 Å². The van der Waals surface area contributed by atoms with Gasteiger partial charge in [0.15, 0.2) is 16.6 Å². The number of carbonyl (C=O) groups is 2. The molecule has 0 aliphatic carbocycles. The molecule has 8 nitrogen and oxygen atoms in total. The second-order valence-electron chi connectivity index (χ2n) is 9.87. The lowest BCUT2D eigenvalue weighted by molar-refractivity contribution is -0.132. The Morgan fingerprint density at radius 3 is 2.55 bits per heavy atom. The maximum Gasteiger partial charge on any atom is 0.301 e. The zero-order valence-corrected chi connectivity index (χ0v) is 23.2. The van der Waals surface area contributed by atoms with Crippen LogP contribution in [0.4, 0.5) is 5.13 Å². The largest absolute Gasteiger partial charge is 0.507 e. The molecule has 0 spiro atoms. The third-order valence-electron chi connectivity index (χ3n) is 6.95. The first-order chi connectivity index (χ1) is 19.4. The molecule has 2 aliphatic rings. The van der Waals surface area contributed by atoms with Crippen molar-refractivity contribution in [1.82, 2.24) is 4.98 Å². The van der Waals surface area contributed by atoms with Crippen LogP contribution in [0.1, 0.15) is 41.6 Å². The Kier molecular flexibility index (Phi) is 6.67. The molecule has 1 fully saturated rings. The molecule has 1 amide bonds. The number of rotatable bonds is 6. The third-order valence-corrected chi connectivity index (χ3v) is 7.96. The molecule has 9 heteroatoms. The van der Waals surface area contributed by atoms with Crippen molar-refractivity contribution in [3.05, 3.63) is 82.4 Å². The number of aromatic nitrogens is 1. The van der Waals surface area contributed by atoms with Crippen LogP contribution in [0.3, 0.4) is 0 Å². The molecule has 0 bridgehead atoms. The summed E-state index contributed by atoms with van der Waals surface area (Å²) in [7, 11) is 0. The molecule has 1 aromatic heterocycles. The van der Waals surface area contributed by atoms with Crippen LogP contribution in [0, 0.1) is 13.8 Å². The van der Waals surface area contributed by atoms with Crippen LogP contribution in [0.2, 0.25) is 0 Å². The average Bonchev–Trinajstić information content (AvgIpc) is 3.49. The van der Waals surface area contributed by atoms with E-state index in [0.29, 0.717) is 53.3 Å². The number of anilines is 1. The molecule has 40 heavy (non-hydrogen) atoms. The van der Waals surface area contributed by atoms with Crippen LogP contribution in [0.25, 0.3) is 16.0 Å². The van der Waals surface area contributed by atoms with Crippen molar-refractivity contribution in [1.29, 1.82) is 0 Å². The summed E-state index contributed by atoms with van der Waals surface area (Å²) in [6.07, 6.45) is 0.869. The summed E-state index contributed by atoms with van der Waals surface area (Å²) in [5.41, 5.74) is 3.83. The van der Waals surface area contributed by atoms with E-state index in [4.69, 9.17) is 19.2 Å². The molecule has 3 heterocycles. The Morgan fingerprint density at radius 2 is 1.80 bits per heavy atom. The highest BCUT2D eigenvalue weighted by molar-refractivity contribution is 7.22. The standard InChI is InChI=1S/C31H28N2O6S/c1-4-11-37-21-8-5-19(6-9-21)27-25(28(34)20-7-10-22-23(16-20)39-13-12-38-22)29(35)30(36)33(27)31-32-26-18(3)14-17(2)15-24(26)40-31/h5-10,14-16,27,34H,4,11-13H2,1-3H3/t27-/m0/s1. The zero-order chi connectivity index (χ0) is 28.0. The number of fused-ring (bicyclic) bond motifs is 2. The van der Waals surface area contributed by atoms with Gasteiger partial charge in [0.05, 0.1) is 28.4 Å². The van der Waals surface area contributed by atoms with Crippen molar-refractivity contribution in [2.24, 2.45) is 0 Å². The maximum absolute atomic E-state index is 13.6. The molecule has 1 N–H and O–H groups in total. The number of benzene rings is 3. The van der Waals surface area contributed by atoms with Crippen LogP contribution in [-0.4, -0.2) is 41.6 Å². The van der Waals surface area contributed by atoms with Gasteiger partial charge in [-0.15, -0.1) is 0 Å². The summed E-state index contributed by atoms with van der Waals surface area (Å²) < 4.78 is 17.9. The van der Waals surface area contributed by atoms with Gasteiger partial charge in [-0.05, 0) is 73.4 Å². The summed E-state index contributed by atoms with van der Waals surface area (Å²) in [5, 5.41) is 11.9. The number of ketones is 1. The molecule has 204 valence electrons. The first-order valence-electron chi connectivity index (χ1n) is 13.2. The van der Waals surface area contributed by atoms with Gasteiger partial charge in [-0.25, -0.2) is 4.98 Å². The number of amides is 1. The Balaban J connectivity index is 1.51. The molecule has 0 saturated carbocycles. The maximum atomic E-state index is 13.6. The van der Waals surface area contributed by atoms with E-state index in [1.54, 1.807) is 30.3 Å². The first-order valence-corrected chi connectivity index (χ1v) is 14.0. The molecular formula is C31H28N2O6S. The number of aliphatic hydroxyl groups excluding tert-OH is 1. The lowest BCUT2D eigenvalue weighted by atomic mass is 9.95. The highest BCUT2D eigenvalue weighted by Gasteiger charge is 2.48. The van der Waals surface area contributed by atoms with Crippen LogP contribution < -0.4 is 19.1 Å². The Hall–Kier alpha value is -4.37. The number of Topliss-reactive ketones (excluding diaryl/α,β-unsaturated/α-hetero) is 1. The van der Waals surface area contributed by atoms with Gasteiger partial charge in [-0.1, -0.05) is 36.5 Å². The molecule has 3 aromatic carbocycles. The van der Waals surface area contributed by atoms with Crippen LogP contribution in [0.15, 0.2) is 60.2 Å². The van der Waals surface area contributed by atoms with E-state index in [-0.39, 0.29) is 11.3 Å². The van der Waals surface area contributed by atoms with Gasteiger partial charge in [-0.3, -0.25) is 14.5 Å². The number of nitrogens with zero attached hydrogens (tertiary/aromatic N) is 2. The van der Waals surface area contributed by atoms with Crippen molar-refractivity contribution in [2.45, 2.75) is 33.2 Å². The SMILES string of the molecule is CCCOc1ccc([C@H]2C(=C(O)c3ccc4c(c3)OCCO4)C(=O)C(=O)N2c2nc3c(C)cc(C)cc3s2)cc1. The van der Waals surface area contributed by atoms with Crippen molar-refractivity contribution in [3.8, 4) is 17.2 Å². The van der Waals surface area contributed by atoms with E-state index < -0.39 is 17.7 Å². The first kappa shape index (κ1) is 25.9. The molecule has 0 radical (unpaired) electrons. The van der Waals surface area contributed by atoms with Gasteiger partial charge in [0.1, 0.15) is 24.7 Å². The van der Waals surface area contributed by atoms with Crippen LogP contribution >= 0.6 is 11.3 Å². The predicted octanol–water partition coefficient (Wildman–Crippen LogP) is 6.10. The fourth-order valence-electron chi connectivity index (χ4n) is 5.12. The smallest absolute Gasteiger partial charge is 0.301 e. The van der Waals surface area contributed by atoms with E-state index in [2.05, 4.69) is 0 Å². The zero-order valence-electron chi connectivity index (χ0n) is 22.4. The lowest BCUT2D eigenvalue weighted by Gasteiger charge is -2.23.